The summed E-state index contributed by atoms with van der Waals surface area (Å²) in [6.07, 6.45) is 0.309. The number of benzene rings is 1. The molecule has 1 aromatic carbocycles. The first-order valence-corrected chi connectivity index (χ1v) is 6.31. The molecule has 0 saturated carbocycles. The van der Waals surface area contributed by atoms with Gasteiger partial charge in [-0.1, -0.05) is 42.8 Å². The fraction of sp³-hybridized carbons (Fsp3) is 0.538. The molecule has 2 atom stereocenters. The zero-order chi connectivity index (χ0) is 11.9. The Morgan fingerprint density at radius 2 is 2.06 bits per heavy atom. The van der Waals surface area contributed by atoms with Crippen LogP contribution in [0.25, 0.3) is 0 Å². The largest absolute Gasteiger partial charge is 0.489 e. The summed E-state index contributed by atoms with van der Waals surface area (Å²) < 4.78 is 6.94. The fourth-order valence-corrected chi connectivity index (χ4v) is 2.29. The Morgan fingerprint density at radius 1 is 1.38 bits per heavy atom. The summed E-state index contributed by atoms with van der Waals surface area (Å²) in [5.74, 6) is 0.799. The zero-order valence-corrected chi connectivity index (χ0v) is 11.4. The molecule has 0 amide bonds. The molecular weight excluding hydrogens is 268 g/mol. The maximum absolute atomic E-state index is 10.1. The van der Waals surface area contributed by atoms with Crippen LogP contribution >= 0.6 is 15.9 Å². The van der Waals surface area contributed by atoms with Gasteiger partial charge >= 0.3 is 0 Å². The number of halogens is 1. The molecule has 1 aromatic rings. The molecular formula is C13H17BrO2. The van der Waals surface area contributed by atoms with Gasteiger partial charge in [0.15, 0.2) is 0 Å². The molecule has 3 heteroatoms. The summed E-state index contributed by atoms with van der Waals surface area (Å²) in [4.78, 5) is 0. The number of rotatable bonds is 0. The molecule has 0 aliphatic carbocycles. The van der Waals surface area contributed by atoms with Crippen LogP contribution in [0.2, 0.25) is 0 Å². The van der Waals surface area contributed by atoms with E-state index in [2.05, 4.69) is 36.7 Å². The molecule has 2 unspecified atom stereocenters. The van der Waals surface area contributed by atoms with Crippen LogP contribution < -0.4 is 4.74 Å². The second kappa shape index (κ2) is 4.04. The van der Waals surface area contributed by atoms with Gasteiger partial charge in [0.25, 0.3) is 0 Å². The van der Waals surface area contributed by atoms with Gasteiger partial charge in [-0.05, 0) is 17.5 Å². The highest BCUT2D eigenvalue weighted by Crippen LogP contribution is 2.41. The first-order valence-electron chi connectivity index (χ1n) is 5.52. The van der Waals surface area contributed by atoms with Crippen molar-refractivity contribution < 1.29 is 9.84 Å². The van der Waals surface area contributed by atoms with Crippen molar-refractivity contribution >= 4 is 15.9 Å². The minimum Gasteiger partial charge on any atom is -0.489 e. The van der Waals surface area contributed by atoms with Gasteiger partial charge in [-0.2, -0.15) is 0 Å². The highest BCUT2D eigenvalue weighted by molar-refractivity contribution is 9.10. The smallest absolute Gasteiger partial charge is 0.126 e. The molecule has 0 fully saturated rings. The van der Waals surface area contributed by atoms with E-state index in [9.17, 15) is 5.11 Å². The molecule has 0 spiro atoms. The normalized spacial score (nSPS) is 24.8. The zero-order valence-electron chi connectivity index (χ0n) is 9.83. The monoisotopic (exact) mass is 284 g/mol. The summed E-state index contributed by atoms with van der Waals surface area (Å²) in [6, 6.07) is 5.78. The van der Waals surface area contributed by atoms with Crippen LogP contribution in [0.5, 0.6) is 5.75 Å². The summed E-state index contributed by atoms with van der Waals surface area (Å²) in [5, 5.41) is 10.1. The average molecular weight is 285 g/mol. The van der Waals surface area contributed by atoms with Gasteiger partial charge in [-0.25, -0.2) is 0 Å². The molecule has 1 aliphatic heterocycles. The molecule has 2 nitrogen and oxygen atoms in total. The van der Waals surface area contributed by atoms with E-state index in [1.165, 1.54) is 0 Å². The molecule has 2 rings (SSSR count). The number of ether oxygens (including phenoxy) is 1. The van der Waals surface area contributed by atoms with E-state index in [0.717, 1.165) is 15.8 Å². The molecule has 0 bridgehead atoms. The topological polar surface area (TPSA) is 29.5 Å². The lowest BCUT2D eigenvalue weighted by molar-refractivity contribution is 0.00796. The van der Waals surface area contributed by atoms with E-state index in [1.807, 2.05) is 18.2 Å². The third-order valence-electron chi connectivity index (χ3n) is 3.01. The first-order chi connectivity index (χ1) is 7.38. The molecule has 1 N–H and O–H groups in total. The van der Waals surface area contributed by atoms with E-state index in [1.54, 1.807) is 0 Å². The molecule has 0 radical (unpaired) electrons. The first kappa shape index (κ1) is 11.9. The van der Waals surface area contributed by atoms with Crippen molar-refractivity contribution in [1.82, 2.24) is 0 Å². The van der Waals surface area contributed by atoms with Crippen molar-refractivity contribution in [3.63, 3.8) is 0 Å². The van der Waals surface area contributed by atoms with E-state index in [4.69, 9.17) is 4.74 Å². The van der Waals surface area contributed by atoms with Crippen LogP contribution in [0.4, 0.5) is 0 Å². The van der Waals surface area contributed by atoms with E-state index in [0.29, 0.717) is 6.42 Å². The minimum absolute atomic E-state index is 0.0426. The van der Waals surface area contributed by atoms with Crippen molar-refractivity contribution in [1.29, 1.82) is 0 Å². The standard InChI is InChI=1S/C13H17BrO2/c1-13(2,3)12-7-10(15)9-5-4-8(14)6-11(9)16-12/h4-6,10,12,15H,7H2,1-3H3. The van der Waals surface area contributed by atoms with Gasteiger partial charge in [0, 0.05) is 16.5 Å². The maximum Gasteiger partial charge on any atom is 0.126 e. The second-order valence-corrected chi connectivity index (χ2v) is 6.32. The minimum atomic E-state index is -0.416. The van der Waals surface area contributed by atoms with E-state index >= 15 is 0 Å². The number of hydrogen-bond acceptors (Lipinski definition) is 2. The van der Waals surface area contributed by atoms with Crippen LogP contribution in [0.15, 0.2) is 22.7 Å². The van der Waals surface area contributed by atoms with Crippen molar-refractivity contribution in [2.45, 2.75) is 39.4 Å². The van der Waals surface area contributed by atoms with E-state index in [-0.39, 0.29) is 11.5 Å². The summed E-state index contributed by atoms with van der Waals surface area (Å²) >= 11 is 3.42. The molecule has 1 heterocycles. The predicted molar refractivity (Wildman–Crippen MR) is 67.6 cm³/mol. The molecule has 0 aromatic heterocycles. The Morgan fingerprint density at radius 3 is 2.69 bits per heavy atom. The van der Waals surface area contributed by atoms with Gasteiger partial charge in [-0.15, -0.1) is 0 Å². The quantitative estimate of drug-likeness (QED) is 0.788. The molecule has 16 heavy (non-hydrogen) atoms. The van der Waals surface area contributed by atoms with Crippen molar-refractivity contribution in [2.24, 2.45) is 5.41 Å². The lowest BCUT2D eigenvalue weighted by Crippen LogP contribution is -2.36. The van der Waals surface area contributed by atoms with Gasteiger partial charge in [0.2, 0.25) is 0 Å². The van der Waals surface area contributed by atoms with Crippen LogP contribution in [-0.4, -0.2) is 11.2 Å². The van der Waals surface area contributed by atoms with Crippen molar-refractivity contribution in [2.75, 3.05) is 0 Å². The number of aliphatic hydroxyl groups is 1. The molecule has 1 aliphatic rings. The van der Waals surface area contributed by atoms with Gasteiger partial charge in [0.1, 0.15) is 11.9 Å². The highest BCUT2D eigenvalue weighted by Gasteiger charge is 2.34. The average Bonchev–Trinajstić information content (AvgIpc) is 2.15. The maximum atomic E-state index is 10.1. The van der Waals surface area contributed by atoms with Crippen LogP contribution in [0.1, 0.15) is 38.9 Å². The number of hydrogen-bond donors (Lipinski definition) is 1. The molecule has 0 saturated heterocycles. The third-order valence-corrected chi connectivity index (χ3v) is 3.50. The van der Waals surface area contributed by atoms with Crippen molar-refractivity contribution in [3.05, 3.63) is 28.2 Å². The highest BCUT2D eigenvalue weighted by atomic mass is 79.9. The Bertz CT molecular complexity index is 395. The van der Waals surface area contributed by atoms with Crippen LogP contribution in [0.3, 0.4) is 0 Å². The summed E-state index contributed by atoms with van der Waals surface area (Å²) in [5.41, 5.74) is 0.935. The van der Waals surface area contributed by atoms with Gasteiger partial charge < -0.3 is 9.84 Å². The summed E-state index contributed by atoms with van der Waals surface area (Å²) in [7, 11) is 0. The van der Waals surface area contributed by atoms with E-state index < -0.39 is 6.10 Å². The van der Waals surface area contributed by atoms with Crippen LogP contribution in [-0.2, 0) is 0 Å². The Kier molecular flexibility index (Phi) is 3.01. The number of aliphatic hydroxyl groups excluding tert-OH is 1. The Hall–Kier alpha value is -0.540. The van der Waals surface area contributed by atoms with Crippen molar-refractivity contribution in [3.8, 4) is 5.75 Å². The number of fused-ring (bicyclic) bond motifs is 1. The predicted octanol–water partition coefficient (Wildman–Crippen LogP) is 3.68. The van der Waals surface area contributed by atoms with Gasteiger partial charge in [0.05, 0.1) is 6.10 Å². The van der Waals surface area contributed by atoms with Crippen LogP contribution in [0, 0.1) is 5.41 Å². The lowest BCUT2D eigenvalue weighted by Gasteiger charge is -2.37. The molecule has 88 valence electrons. The SMILES string of the molecule is CC(C)(C)C1CC(O)c2ccc(Br)cc2O1. The Balaban J connectivity index is 2.35. The second-order valence-electron chi connectivity index (χ2n) is 5.41. The third kappa shape index (κ3) is 2.25. The van der Waals surface area contributed by atoms with Gasteiger partial charge in [-0.3, -0.25) is 0 Å². The summed E-state index contributed by atoms with van der Waals surface area (Å²) in [6.45, 7) is 6.40. The Labute approximate surface area is 105 Å². The lowest BCUT2D eigenvalue weighted by atomic mass is 9.83. The fourth-order valence-electron chi connectivity index (χ4n) is 1.95.